The Hall–Kier alpha value is -1.57. The number of fused-ring (bicyclic) bond motifs is 1. The Morgan fingerprint density at radius 2 is 2.07 bits per heavy atom. The third-order valence-electron chi connectivity index (χ3n) is 6.69. The molecule has 3 rings (SSSR count). The van der Waals surface area contributed by atoms with Crippen LogP contribution in [0, 0.1) is 17.2 Å². The lowest BCUT2D eigenvalue weighted by atomic mass is 9.77. The fraction of sp³-hybridized carbons (Fsp3) is 0.720. The molecule has 2 aliphatic heterocycles. The first kappa shape index (κ1) is 22.1. The maximum Gasteiger partial charge on any atom is 0.122 e. The maximum absolute atomic E-state index is 9.64. The Labute approximate surface area is 177 Å². The lowest BCUT2D eigenvalue weighted by Gasteiger charge is -2.39. The van der Waals surface area contributed by atoms with Gasteiger partial charge in [-0.05, 0) is 70.2 Å². The van der Waals surface area contributed by atoms with Crippen LogP contribution < -0.4 is 10.1 Å². The monoisotopic (exact) mass is 397 g/mol. The van der Waals surface area contributed by atoms with Crippen LogP contribution in [0.25, 0.3) is 0 Å². The highest BCUT2D eigenvalue weighted by molar-refractivity contribution is 5.45. The van der Waals surface area contributed by atoms with E-state index in [-0.39, 0.29) is 11.5 Å². The molecule has 160 valence electrons. The van der Waals surface area contributed by atoms with Gasteiger partial charge in [-0.15, -0.1) is 0 Å². The van der Waals surface area contributed by atoms with Gasteiger partial charge in [0.05, 0.1) is 12.7 Å². The second-order valence-corrected chi connectivity index (χ2v) is 9.07. The molecule has 1 fully saturated rings. The van der Waals surface area contributed by atoms with Crippen molar-refractivity contribution in [3.63, 3.8) is 0 Å². The van der Waals surface area contributed by atoms with Crippen LogP contribution in [0.3, 0.4) is 0 Å². The molecule has 0 saturated carbocycles. The second kappa shape index (κ2) is 11.0. The van der Waals surface area contributed by atoms with E-state index in [1.165, 1.54) is 43.5 Å². The number of nitrogens with one attached hydrogen (secondary N) is 1. The van der Waals surface area contributed by atoms with E-state index in [4.69, 9.17) is 4.74 Å². The number of nitrogens with zero attached hydrogens (tertiary/aromatic N) is 2. The van der Waals surface area contributed by atoms with E-state index >= 15 is 0 Å². The average Bonchev–Trinajstić information content (AvgIpc) is 2.75. The van der Waals surface area contributed by atoms with Crippen molar-refractivity contribution < 1.29 is 4.74 Å². The topological polar surface area (TPSA) is 48.3 Å². The SMILES string of the molecule is CCCCC(C#N)CC1(C)NCCc2c(OCCCN3CCCCC3)cccc21. The highest BCUT2D eigenvalue weighted by Crippen LogP contribution is 2.38. The summed E-state index contributed by atoms with van der Waals surface area (Å²) >= 11 is 0. The predicted molar refractivity (Wildman–Crippen MR) is 119 cm³/mol. The van der Waals surface area contributed by atoms with Gasteiger partial charge in [0.15, 0.2) is 0 Å². The van der Waals surface area contributed by atoms with Crippen LogP contribution in [0.2, 0.25) is 0 Å². The number of hydrogen-bond donors (Lipinski definition) is 1. The molecule has 4 nitrogen and oxygen atoms in total. The van der Waals surface area contributed by atoms with E-state index < -0.39 is 0 Å². The molecular formula is C25H39N3O. The number of rotatable bonds is 10. The average molecular weight is 398 g/mol. The number of nitriles is 1. The van der Waals surface area contributed by atoms with Gasteiger partial charge in [0.2, 0.25) is 0 Å². The molecule has 1 saturated heterocycles. The van der Waals surface area contributed by atoms with Crippen molar-refractivity contribution in [3.05, 3.63) is 29.3 Å². The van der Waals surface area contributed by atoms with Gasteiger partial charge in [-0.25, -0.2) is 0 Å². The summed E-state index contributed by atoms with van der Waals surface area (Å²) in [6.07, 6.45) is 10.3. The van der Waals surface area contributed by atoms with Crippen molar-refractivity contribution in [2.24, 2.45) is 5.92 Å². The fourth-order valence-corrected chi connectivity index (χ4v) is 5.03. The summed E-state index contributed by atoms with van der Waals surface area (Å²) in [5.41, 5.74) is 2.53. The molecule has 0 bridgehead atoms. The molecule has 29 heavy (non-hydrogen) atoms. The smallest absolute Gasteiger partial charge is 0.122 e. The quantitative estimate of drug-likeness (QED) is 0.563. The number of unbranched alkanes of at least 4 members (excludes halogenated alkanes) is 1. The lowest BCUT2D eigenvalue weighted by molar-refractivity contribution is 0.203. The first-order chi connectivity index (χ1) is 14.2. The molecule has 1 N–H and O–H groups in total. The molecule has 1 aromatic carbocycles. The molecule has 0 aliphatic carbocycles. The zero-order valence-corrected chi connectivity index (χ0v) is 18.5. The Morgan fingerprint density at radius 3 is 2.83 bits per heavy atom. The molecular weight excluding hydrogens is 358 g/mol. The van der Waals surface area contributed by atoms with Crippen molar-refractivity contribution in [1.29, 1.82) is 5.26 Å². The Kier molecular flexibility index (Phi) is 8.39. The molecule has 2 unspecified atom stereocenters. The molecule has 2 atom stereocenters. The van der Waals surface area contributed by atoms with E-state index in [1.54, 1.807) is 0 Å². The summed E-state index contributed by atoms with van der Waals surface area (Å²) < 4.78 is 6.27. The minimum Gasteiger partial charge on any atom is -0.493 e. The van der Waals surface area contributed by atoms with E-state index in [0.717, 1.165) is 64.0 Å². The van der Waals surface area contributed by atoms with Gasteiger partial charge in [0.25, 0.3) is 0 Å². The highest BCUT2D eigenvalue weighted by atomic mass is 16.5. The molecule has 0 radical (unpaired) electrons. The predicted octanol–water partition coefficient (Wildman–Crippen LogP) is 5.02. The van der Waals surface area contributed by atoms with Crippen molar-refractivity contribution in [1.82, 2.24) is 10.2 Å². The summed E-state index contributed by atoms with van der Waals surface area (Å²) in [5, 5.41) is 13.4. The van der Waals surface area contributed by atoms with Gasteiger partial charge in [-0.3, -0.25) is 0 Å². The van der Waals surface area contributed by atoms with Gasteiger partial charge in [-0.1, -0.05) is 38.3 Å². The van der Waals surface area contributed by atoms with Crippen LogP contribution in [0.1, 0.15) is 76.3 Å². The zero-order valence-electron chi connectivity index (χ0n) is 18.5. The van der Waals surface area contributed by atoms with Crippen molar-refractivity contribution in [2.45, 2.75) is 77.2 Å². The summed E-state index contributed by atoms with van der Waals surface area (Å²) in [5.74, 6) is 1.16. The maximum atomic E-state index is 9.64. The summed E-state index contributed by atoms with van der Waals surface area (Å²) in [7, 11) is 0. The molecule has 0 amide bonds. The van der Waals surface area contributed by atoms with Gasteiger partial charge >= 0.3 is 0 Å². The molecule has 0 spiro atoms. The van der Waals surface area contributed by atoms with Crippen molar-refractivity contribution in [3.8, 4) is 11.8 Å². The summed E-state index contributed by atoms with van der Waals surface area (Å²) in [6.45, 7) is 9.85. The third-order valence-corrected chi connectivity index (χ3v) is 6.69. The molecule has 2 heterocycles. The highest BCUT2D eigenvalue weighted by Gasteiger charge is 2.35. The van der Waals surface area contributed by atoms with Crippen LogP contribution >= 0.6 is 0 Å². The van der Waals surface area contributed by atoms with Crippen LogP contribution in [0.4, 0.5) is 0 Å². The van der Waals surface area contributed by atoms with Gasteiger partial charge in [-0.2, -0.15) is 5.26 Å². The van der Waals surface area contributed by atoms with Crippen LogP contribution in [0.15, 0.2) is 18.2 Å². The number of ether oxygens (including phenoxy) is 1. The van der Waals surface area contributed by atoms with E-state index in [9.17, 15) is 5.26 Å². The van der Waals surface area contributed by atoms with Crippen LogP contribution in [0.5, 0.6) is 5.75 Å². The Balaban J connectivity index is 1.62. The van der Waals surface area contributed by atoms with E-state index in [1.807, 2.05) is 0 Å². The largest absolute Gasteiger partial charge is 0.493 e. The first-order valence-electron chi connectivity index (χ1n) is 11.8. The van der Waals surface area contributed by atoms with Gasteiger partial charge in [0.1, 0.15) is 5.75 Å². The van der Waals surface area contributed by atoms with E-state index in [0.29, 0.717) is 0 Å². The number of benzene rings is 1. The number of likely N-dealkylation sites (tertiary alicyclic amines) is 1. The lowest BCUT2D eigenvalue weighted by Crippen LogP contribution is -2.46. The Bertz CT molecular complexity index is 677. The molecule has 1 aromatic rings. The summed E-state index contributed by atoms with van der Waals surface area (Å²) in [6, 6.07) is 9.04. The fourth-order valence-electron chi connectivity index (χ4n) is 5.03. The number of hydrogen-bond acceptors (Lipinski definition) is 4. The van der Waals surface area contributed by atoms with Crippen LogP contribution in [-0.2, 0) is 12.0 Å². The second-order valence-electron chi connectivity index (χ2n) is 9.07. The standard InChI is InChI=1S/C25H39N3O/c1-3-4-10-21(20-26)19-25(2)23-11-8-12-24(22(23)13-14-27-25)29-18-9-17-28-15-6-5-7-16-28/h8,11-12,21,27H,3-7,9-10,13-19H2,1-2H3. The van der Waals surface area contributed by atoms with Crippen molar-refractivity contribution >= 4 is 0 Å². The minimum absolute atomic E-state index is 0.104. The van der Waals surface area contributed by atoms with Gasteiger partial charge < -0.3 is 15.0 Å². The van der Waals surface area contributed by atoms with Crippen molar-refractivity contribution in [2.75, 3.05) is 32.8 Å². The molecule has 2 aliphatic rings. The normalized spacial score (nSPS) is 23.2. The molecule has 4 heteroatoms. The minimum atomic E-state index is -0.144. The first-order valence-corrected chi connectivity index (χ1v) is 11.8. The van der Waals surface area contributed by atoms with Crippen LogP contribution in [-0.4, -0.2) is 37.7 Å². The number of piperidine rings is 1. The molecule has 0 aromatic heterocycles. The van der Waals surface area contributed by atoms with E-state index in [2.05, 4.69) is 48.3 Å². The zero-order chi connectivity index (χ0) is 20.5. The third kappa shape index (κ3) is 5.96. The summed E-state index contributed by atoms with van der Waals surface area (Å²) in [4.78, 5) is 2.58. The van der Waals surface area contributed by atoms with Gasteiger partial charge in [0, 0.05) is 30.1 Å². The Morgan fingerprint density at radius 1 is 1.24 bits per heavy atom.